The summed E-state index contributed by atoms with van der Waals surface area (Å²) in [6.45, 7) is 0. The third-order valence-corrected chi connectivity index (χ3v) is 4.24. The van der Waals surface area contributed by atoms with Crippen LogP contribution in [0.5, 0.6) is 5.75 Å². The largest absolute Gasteiger partial charge is 0.483 e. The first-order chi connectivity index (χ1) is 14.5. The summed E-state index contributed by atoms with van der Waals surface area (Å²) in [5.74, 6) is -1.14. The maximum absolute atomic E-state index is 13.3. The van der Waals surface area contributed by atoms with E-state index in [1.54, 1.807) is 18.5 Å². The number of fused-ring (bicyclic) bond motifs is 2. The number of benzene rings is 1. The summed E-state index contributed by atoms with van der Waals surface area (Å²) >= 11 is 0. The highest BCUT2D eigenvalue weighted by Gasteiger charge is 2.46. The van der Waals surface area contributed by atoms with Gasteiger partial charge in [0.25, 0.3) is 0 Å². The Labute approximate surface area is 167 Å². The number of nitrogens with zero attached hydrogens (tertiary/aromatic N) is 3. The molecule has 2 aromatic carbocycles. The van der Waals surface area contributed by atoms with Crippen molar-refractivity contribution in [3.05, 3.63) is 54.9 Å². The summed E-state index contributed by atoms with van der Waals surface area (Å²) in [6.07, 6.45) is -0.705. The maximum Gasteiger partial charge on any atom is 0.483 e. The van der Waals surface area contributed by atoms with Crippen molar-refractivity contribution in [1.29, 1.82) is 0 Å². The summed E-state index contributed by atoms with van der Waals surface area (Å²) in [5, 5.41) is 16.0. The molecule has 0 aliphatic carbocycles. The molecule has 3 heterocycles. The zero-order chi connectivity index (χ0) is 20.7. The molecule has 0 atom stereocenters. The van der Waals surface area contributed by atoms with Gasteiger partial charge in [-0.25, -0.2) is 4.98 Å². The highest BCUT2D eigenvalue weighted by molar-refractivity contribution is 5.98. The summed E-state index contributed by atoms with van der Waals surface area (Å²) in [4.78, 5) is 19.9. The van der Waals surface area contributed by atoms with E-state index in [-0.39, 0.29) is 17.4 Å². The molecule has 11 heteroatoms. The molecule has 148 valence electrons. The number of rotatable bonds is 4. The Hall–Kier alpha value is -4.46. The van der Waals surface area contributed by atoms with Gasteiger partial charge in [0.2, 0.25) is 11.7 Å². The molecule has 2 aromatic heterocycles. The number of carbonyl (C=O) groups is 1. The average molecular weight is 407 g/mol. The predicted molar refractivity (Wildman–Crippen MR) is 103 cm³/mol. The molecular formula is C19H11F2N7O2. The standard InChI is InChI=1S/C19H11F2N7O2/c20-19(21)17(29)26-14-8-10(4-5-15(14)30-19)24-18-22-7-6-16(27-18)25-12-2-1-3-13-11(12)9-23-28-13/h1-3,6-9H,(H,23,28)(H,26,29)(H2,22,24,25,27). The second-order valence-corrected chi connectivity index (χ2v) is 6.28. The maximum atomic E-state index is 13.3. The number of anilines is 5. The van der Waals surface area contributed by atoms with E-state index in [9.17, 15) is 13.6 Å². The Bertz CT molecular complexity index is 1270. The number of aromatic amines is 1. The molecule has 1 aliphatic rings. The number of nitrogens with one attached hydrogen (secondary N) is 4. The fourth-order valence-electron chi connectivity index (χ4n) is 2.87. The molecule has 0 spiro atoms. The Kier molecular flexibility index (Phi) is 3.85. The van der Waals surface area contributed by atoms with Crippen LogP contribution in [-0.2, 0) is 4.79 Å². The topological polar surface area (TPSA) is 117 Å². The third kappa shape index (κ3) is 3.16. The molecule has 4 N–H and O–H groups in total. The van der Waals surface area contributed by atoms with Crippen LogP contribution in [0, 0.1) is 12.1 Å². The van der Waals surface area contributed by atoms with Crippen LogP contribution in [-0.4, -0.2) is 32.2 Å². The Balaban J connectivity index is 1.37. The molecular weight excluding hydrogens is 396 g/mol. The number of amides is 1. The lowest BCUT2D eigenvalue weighted by Gasteiger charge is -2.23. The van der Waals surface area contributed by atoms with E-state index in [2.05, 4.69) is 53.0 Å². The van der Waals surface area contributed by atoms with Crippen LogP contribution < -0.4 is 20.7 Å². The Morgan fingerprint density at radius 1 is 1.17 bits per heavy atom. The molecule has 30 heavy (non-hydrogen) atoms. The number of hydrogen-bond donors (Lipinski definition) is 4. The lowest BCUT2D eigenvalue weighted by molar-refractivity contribution is -0.189. The minimum absolute atomic E-state index is 0.0353. The average Bonchev–Trinajstić information content (AvgIpc) is 3.19. The van der Waals surface area contributed by atoms with E-state index in [1.165, 1.54) is 6.07 Å². The van der Waals surface area contributed by atoms with Crippen LogP contribution in [0.4, 0.5) is 37.6 Å². The van der Waals surface area contributed by atoms with E-state index in [0.717, 1.165) is 16.6 Å². The highest BCUT2D eigenvalue weighted by Crippen LogP contribution is 2.35. The Morgan fingerprint density at radius 3 is 2.97 bits per heavy atom. The normalized spacial score (nSPS) is 14.3. The number of halogens is 2. The molecule has 0 saturated carbocycles. The summed E-state index contributed by atoms with van der Waals surface area (Å²) in [7, 11) is 0. The van der Waals surface area contributed by atoms with E-state index in [1.807, 2.05) is 18.2 Å². The zero-order valence-electron chi connectivity index (χ0n) is 15.0. The van der Waals surface area contributed by atoms with Gasteiger partial charge in [-0.2, -0.15) is 18.9 Å². The van der Waals surface area contributed by atoms with Crippen molar-refractivity contribution in [3.8, 4) is 5.75 Å². The van der Waals surface area contributed by atoms with Crippen LogP contribution in [0.15, 0.2) is 42.7 Å². The van der Waals surface area contributed by atoms with Crippen LogP contribution >= 0.6 is 0 Å². The second-order valence-electron chi connectivity index (χ2n) is 6.28. The number of alkyl halides is 2. The Morgan fingerprint density at radius 2 is 2.07 bits per heavy atom. The molecule has 5 rings (SSSR count). The van der Waals surface area contributed by atoms with Crippen LogP contribution in [0.1, 0.15) is 0 Å². The van der Waals surface area contributed by atoms with Gasteiger partial charge in [0.05, 0.1) is 28.8 Å². The van der Waals surface area contributed by atoms with Gasteiger partial charge in [-0.05, 0) is 36.4 Å². The summed E-state index contributed by atoms with van der Waals surface area (Å²) in [5.41, 5.74) is 2.02. The van der Waals surface area contributed by atoms with Crippen molar-refractivity contribution in [3.63, 3.8) is 0 Å². The number of H-pyrrole nitrogens is 1. The van der Waals surface area contributed by atoms with Gasteiger partial charge in [0.15, 0.2) is 0 Å². The summed E-state index contributed by atoms with van der Waals surface area (Å²) in [6, 6.07) is 13.8. The molecule has 0 saturated heterocycles. The van der Waals surface area contributed by atoms with Crippen molar-refractivity contribution in [2.24, 2.45) is 0 Å². The molecule has 1 amide bonds. The first kappa shape index (κ1) is 17.6. The first-order valence-electron chi connectivity index (χ1n) is 8.63. The second kappa shape index (κ2) is 6.56. The fraction of sp³-hybridized carbons (Fsp3) is 0.0526. The van der Waals surface area contributed by atoms with E-state index in [4.69, 9.17) is 0 Å². The number of hydrogen-bond acceptors (Lipinski definition) is 7. The zero-order valence-corrected chi connectivity index (χ0v) is 15.0. The predicted octanol–water partition coefficient (Wildman–Crippen LogP) is 3.36. The number of ether oxygens (including phenoxy) is 1. The minimum atomic E-state index is -3.95. The lowest BCUT2D eigenvalue weighted by Crippen LogP contribution is -2.43. The van der Waals surface area contributed by atoms with Gasteiger partial charge in [0, 0.05) is 11.6 Å². The minimum Gasteiger partial charge on any atom is -0.414 e. The molecule has 0 bridgehead atoms. The van der Waals surface area contributed by atoms with Crippen molar-refractivity contribution in [1.82, 2.24) is 20.2 Å². The van der Waals surface area contributed by atoms with Crippen molar-refractivity contribution < 1.29 is 18.3 Å². The number of aromatic nitrogens is 4. The summed E-state index contributed by atoms with van der Waals surface area (Å²) < 4.78 is 31.0. The lowest BCUT2D eigenvalue weighted by atomic mass is 10.2. The van der Waals surface area contributed by atoms with Gasteiger partial charge >= 0.3 is 12.0 Å². The van der Waals surface area contributed by atoms with Crippen LogP contribution in [0.25, 0.3) is 10.9 Å². The van der Waals surface area contributed by atoms with Gasteiger partial charge < -0.3 is 20.7 Å². The van der Waals surface area contributed by atoms with E-state index in [0.29, 0.717) is 11.5 Å². The van der Waals surface area contributed by atoms with Gasteiger partial charge in [0.1, 0.15) is 5.82 Å². The molecule has 0 radical (unpaired) electrons. The number of carbonyl (C=O) groups excluding carboxylic acids is 1. The van der Waals surface area contributed by atoms with Crippen LogP contribution in [0.2, 0.25) is 0 Å². The molecule has 9 nitrogen and oxygen atoms in total. The first-order valence-corrected chi connectivity index (χ1v) is 8.63. The van der Waals surface area contributed by atoms with E-state index < -0.39 is 12.0 Å². The highest BCUT2D eigenvalue weighted by atomic mass is 19.3. The molecule has 4 aromatic rings. The van der Waals surface area contributed by atoms with Crippen molar-refractivity contribution in [2.75, 3.05) is 16.0 Å². The molecule has 0 unspecified atom stereocenters. The SMILES string of the molecule is O=C1Nc2cc(Nc3nccc(Nc4cccc5[nH]ncc45)n3)c#cc2OC1(F)F. The fourth-order valence-corrected chi connectivity index (χ4v) is 2.87. The van der Waals surface area contributed by atoms with Gasteiger partial charge in [-0.1, -0.05) is 6.07 Å². The third-order valence-electron chi connectivity index (χ3n) is 4.24. The van der Waals surface area contributed by atoms with E-state index >= 15 is 0 Å². The van der Waals surface area contributed by atoms with Gasteiger partial charge in [-0.3, -0.25) is 9.89 Å². The van der Waals surface area contributed by atoms with Crippen molar-refractivity contribution >= 4 is 45.6 Å². The smallest absolute Gasteiger partial charge is 0.414 e. The van der Waals surface area contributed by atoms with Gasteiger partial charge in [-0.15, -0.1) is 0 Å². The monoisotopic (exact) mass is 407 g/mol. The quantitative estimate of drug-likeness (QED) is 0.410. The molecule has 0 fully saturated rings. The van der Waals surface area contributed by atoms with Crippen molar-refractivity contribution in [2.45, 2.75) is 6.11 Å². The van der Waals surface area contributed by atoms with Crippen LogP contribution in [0.3, 0.4) is 0 Å². The molecule has 1 aliphatic heterocycles.